The van der Waals surface area contributed by atoms with Crippen LogP contribution in [0.3, 0.4) is 0 Å². The highest BCUT2D eigenvalue weighted by Crippen LogP contribution is 2.13. The van der Waals surface area contributed by atoms with E-state index in [0.29, 0.717) is 6.61 Å². The fourth-order valence-electron chi connectivity index (χ4n) is 1.73. The molecule has 0 aliphatic carbocycles. The van der Waals surface area contributed by atoms with E-state index in [1.165, 1.54) is 32.8 Å². The van der Waals surface area contributed by atoms with E-state index < -0.39 is 5.60 Å². The monoisotopic (exact) mass is 256 g/mol. The summed E-state index contributed by atoms with van der Waals surface area (Å²) in [6.07, 6.45) is 10.3. The topological polar surface area (TPSA) is 35.5 Å². The molecule has 0 saturated carbocycles. The van der Waals surface area contributed by atoms with E-state index in [1.54, 1.807) is 13.8 Å². The van der Waals surface area contributed by atoms with Crippen molar-refractivity contribution in [3.05, 3.63) is 12.7 Å². The van der Waals surface area contributed by atoms with Gasteiger partial charge in [0.25, 0.3) is 0 Å². The van der Waals surface area contributed by atoms with Crippen LogP contribution in [-0.2, 0) is 14.3 Å². The molecule has 3 nitrogen and oxygen atoms in total. The third-order valence-electron chi connectivity index (χ3n) is 2.94. The second-order valence-electron chi connectivity index (χ2n) is 5.05. The van der Waals surface area contributed by atoms with Gasteiger partial charge in [0.2, 0.25) is 0 Å². The van der Waals surface area contributed by atoms with Gasteiger partial charge >= 0.3 is 5.97 Å². The van der Waals surface area contributed by atoms with Crippen LogP contribution < -0.4 is 0 Å². The van der Waals surface area contributed by atoms with Gasteiger partial charge in [-0.25, -0.2) is 4.79 Å². The van der Waals surface area contributed by atoms with Gasteiger partial charge in [0.15, 0.2) is 5.60 Å². The number of rotatable bonds is 11. The van der Waals surface area contributed by atoms with Crippen molar-refractivity contribution in [3.8, 4) is 0 Å². The van der Waals surface area contributed by atoms with Crippen LogP contribution in [0, 0.1) is 0 Å². The standard InChI is InChI=1S/C15H28O3/c1-5-6-7-8-9-10-11-12-13-18-15(2,3)14(16)17-4/h5H,1,6-13H2,2-4H3. The van der Waals surface area contributed by atoms with Crippen molar-refractivity contribution in [2.45, 2.75) is 64.4 Å². The van der Waals surface area contributed by atoms with Crippen LogP contribution >= 0.6 is 0 Å². The van der Waals surface area contributed by atoms with Crippen LogP contribution in [0.15, 0.2) is 12.7 Å². The van der Waals surface area contributed by atoms with Crippen LogP contribution in [-0.4, -0.2) is 25.3 Å². The smallest absolute Gasteiger partial charge is 0.337 e. The second-order valence-corrected chi connectivity index (χ2v) is 5.05. The summed E-state index contributed by atoms with van der Waals surface area (Å²) in [4.78, 5) is 11.3. The van der Waals surface area contributed by atoms with Gasteiger partial charge in [0, 0.05) is 6.61 Å². The lowest BCUT2D eigenvalue weighted by molar-refractivity contribution is -0.165. The Hall–Kier alpha value is -0.830. The summed E-state index contributed by atoms with van der Waals surface area (Å²) in [7, 11) is 1.39. The quantitative estimate of drug-likeness (QED) is 0.320. The molecular formula is C15H28O3. The van der Waals surface area contributed by atoms with E-state index in [1.807, 2.05) is 6.08 Å². The Morgan fingerprint density at radius 2 is 1.67 bits per heavy atom. The number of carbonyl (C=O) groups excluding carboxylic acids is 1. The van der Waals surface area contributed by atoms with Gasteiger partial charge in [-0.2, -0.15) is 0 Å². The van der Waals surface area contributed by atoms with Crippen molar-refractivity contribution in [1.82, 2.24) is 0 Å². The molecule has 3 heteroatoms. The van der Waals surface area contributed by atoms with Crippen molar-refractivity contribution in [2.75, 3.05) is 13.7 Å². The summed E-state index contributed by atoms with van der Waals surface area (Å²) in [5, 5.41) is 0. The molecule has 0 aromatic heterocycles. The van der Waals surface area contributed by atoms with Crippen LogP contribution in [0.1, 0.15) is 58.8 Å². The third kappa shape index (κ3) is 8.29. The number of ether oxygens (including phenoxy) is 2. The molecule has 0 aliphatic rings. The maximum absolute atomic E-state index is 11.3. The Bertz CT molecular complexity index is 234. The van der Waals surface area contributed by atoms with Crippen LogP contribution in [0.5, 0.6) is 0 Å². The molecule has 0 aromatic carbocycles. The van der Waals surface area contributed by atoms with Gasteiger partial charge in [-0.05, 0) is 33.1 Å². The summed E-state index contributed by atoms with van der Waals surface area (Å²) in [5.41, 5.74) is -0.821. The van der Waals surface area contributed by atoms with Crippen molar-refractivity contribution < 1.29 is 14.3 Å². The number of methoxy groups -OCH3 is 1. The summed E-state index contributed by atoms with van der Waals surface area (Å²) in [5.74, 6) is -0.313. The van der Waals surface area contributed by atoms with Crippen LogP contribution in [0.2, 0.25) is 0 Å². The number of esters is 1. The Labute approximate surface area is 112 Å². The Morgan fingerprint density at radius 3 is 2.22 bits per heavy atom. The van der Waals surface area contributed by atoms with Crippen molar-refractivity contribution in [3.63, 3.8) is 0 Å². The summed E-state index contributed by atoms with van der Waals surface area (Å²) >= 11 is 0. The zero-order valence-electron chi connectivity index (χ0n) is 12.2. The molecule has 0 saturated heterocycles. The number of allylic oxidation sites excluding steroid dienone is 1. The second kappa shape index (κ2) is 10.1. The highest BCUT2D eigenvalue weighted by atomic mass is 16.6. The van der Waals surface area contributed by atoms with E-state index in [9.17, 15) is 4.79 Å². The van der Waals surface area contributed by atoms with Crippen molar-refractivity contribution in [1.29, 1.82) is 0 Å². The zero-order valence-corrected chi connectivity index (χ0v) is 12.2. The predicted molar refractivity (Wildman–Crippen MR) is 74.6 cm³/mol. The SMILES string of the molecule is C=CCCCCCCCCOC(C)(C)C(=O)OC. The molecule has 0 unspecified atom stereocenters. The highest BCUT2D eigenvalue weighted by Gasteiger charge is 2.29. The lowest BCUT2D eigenvalue weighted by Crippen LogP contribution is -2.36. The van der Waals surface area contributed by atoms with E-state index in [0.717, 1.165) is 19.3 Å². The van der Waals surface area contributed by atoms with Crippen LogP contribution in [0.25, 0.3) is 0 Å². The molecule has 0 aliphatic heterocycles. The largest absolute Gasteiger partial charge is 0.467 e. The van der Waals surface area contributed by atoms with Gasteiger partial charge in [-0.3, -0.25) is 0 Å². The number of hydrogen-bond donors (Lipinski definition) is 0. The number of carbonyl (C=O) groups is 1. The molecule has 0 atom stereocenters. The Morgan fingerprint density at radius 1 is 1.11 bits per heavy atom. The normalized spacial score (nSPS) is 11.3. The molecule has 0 fully saturated rings. The van der Waals surface area contributed by atoms with Gasteiger partial charge in [-0.15, -0.1) is 6.58 Å². The molecule has 0 N–H and O–H groups in total. The summed E-state index contributed by atoms with van der Waals surface area (Å²) in [6, 6.07) is 0. The third-order valence-corrected chi connectivity index (χ3v) is 2.94. The zero-order chi connectivity index (χ0) is 13.9. The summed E-state index contributed by atoms with van der Waals surface area (Å²) < 4.78 is 10.2. The average Bonchev–Trinajstić information content (AvgIpc) is 2.35. The van der Waals surface area contributed by atoms with E-state index in [2.05, 4.69) is 11.3 Å². The molecule has 0 heterocycles. The highest BCUT2D eigenvalue weighted by molar-refractivity contribution is 5.78. The minimum Gasteiger partial charge on any atom is -0.467 e. The first-order valence-corrected chi connectivity index (χ1v) is 6.88. The number of unbranched alkanes of at least 4 members (excludes halogenated alkanes) is 6. The molecule has 0 spiro atoms. The first-order chi connectivity index (χ1) is 8.54. The fraction of sp³-hybridized carbons (Fsp3) is 0.800. The molecule has 0 bridgehead atoms. The van der Waals surface area contributed by atoms with Gasteiger partial charge in [0.1, 0.15) is 0 Å². The Kier molecular flexibility index (Phi) is 9.66. The first kappa shape index (κ1) is 17.2. The predicted octanol–water partition coefficient (Wildman–Crippen LogP) is 3.87. The minimum absolute atomic E-state index is 0.313. The van der Waals surface area contributed by atoms with Crippen molar-refractivity contribution >= 4 is 5.97 Å². The van der Waals surface area contributed by atoms with Crippen molar-refractivity contribution in [2.24, 2.45) is 0 Å². The summed E-state index contributed by atoms with van der Waals surface area (Å²) in [6.45, 7) is 7.82. The average molecular weight is 256 g/mol. The van der Waals surface area contributed by atoms with E-state index in [-0.39, 0.29) is 5.97 Å². The molecule has 0 rings (SSSR count). The lowest BCUT2D eigenvalue weighted by atomic mass is 10.1. The first-order valence-electron chi connectivity index (χ1n) is 6.88. The van der Waals surface area contributed by atoms with E-state index >= 15 is 0 Å². The van der Waals surface area contributed by atoms with Gasteiger partial charge in [0.05, 0.1) is 7.11 Å². The fourth-order valence-corrected chi connectivity index (χ4v) is 1.73. The van der Waals surface area contributed by atoms with Gasteiger partial charge < -0.3 is 9.47 Å². The van der Waals surface area contributed by atoms with Gasteiger partial charge in [-0.1, -0.05) is 31.8 Å². The maximum Gasteiger partial charge on any atom is 0.337 e. The maximum atomic E-state index is 11.3. The van der Waals surface area contributed by atoms with Crippen LogP contribution in [0.4, 0.5) is 0 Å². The molecule has 0 radical (unpaired) electrons. The lowest BCUT2D eigenvalue weighted by Gasteiger charge is -2.22. The number of hydrogen-bond acceptors (Lipinski definition) is 3. The molecular weight excluding hydrogens is 228 g/mol. The Balaban J connectivity index is 3.40. The van der Waals surface area contributed by atoms with E-state index in [4.69, 9.17) is 4.74 Å². The molecule has 18 heavy (non-hydrogen) atoms. The molecule has 0 aromatic rings. The minimum atomic E-state index is -0.821. The molecule has 0 amide bonds. The molecule has 106 valence electrons.